The summed E-state index contributed by atoms with van der Waals surface area (Å²) in [5.74, 6) is 0.699. The largest absolute Gasteiger partial charge is 0.310 e. The van der Waals surface area contributed by atoms with Crippen molar-refractivity contribution in [3.63, 3.8) is 0 Å². The Balaban J connectivity index is 1.75. The molecule has 6 nitrogen and oxygen atoms in total. The molecule has 6 heteroatoms. The van der Waals surface area contributed by atoms with Crippen LogP contribution in [0.4, 0.5) is 0 Å². The summed E-state index contributed by atoms with van der Waals surface area (Å²) in [7, 11) is 0. The molecule has 1 aliphatic heterocycles. The van der Waals surface area contributed by atoms with Crippen molar-refractivity contribution in [1.29, 1.82) is 0 Å². The molecule has 0 amide bonds. The van der Waals surface area contributed by atoms with E-state index in [1.165, 1.54) is 5.56 Å². The molecule has 0 fully saturated rings. The zero-order chi connectivity index (χ0) is 15.0. The van der Waals surface area contributed by atoms with Gasteiger partial charge in [0.1, 0.15) is 5.82 Å². The molecule has 1 aliphatic rings. The van der Waals surface area contributed by atoms with Crippen LogP contribution in [0.1, 0.15) is 42.5 Å². The van der Waals surface area contributed by atoms with Crippen molar-refractivity contribution < 1.29 is 0 Å². The predicted molar refractivity (Wildman–Crippen MR) is 80.0 cm³/mol. The van der Waals surface area contributed by atoms with Gasteiger partial charge in [-0.25, -0.2) is 4.98 Å². The molecule has 0 aliphatic carbocycles. The van der Waals surface area contributed by atoms with Gasteiger partial charge < -0.3 is 4.98 Å². The third-order valence-corrected chi connectivity index (χ3v) is 3.86. The zero-order valence-corrected chi connectivity index (χ0v) is 12.8. The quantitative estimate of drug-likeness (QED) is 0.927. The number of nitrogens with one attached hydrogen (secondary N) is 1. The fraction of sp³-hybridized carbons (Fsp3) is 0.533. The second-order valence-corrected chi connectivity index (χ2v) is 5.96. The SMILES string of the molecule is Cc1nc2c(c(=O)[nH]1)CN(Cc1cnn(C(C)C)c1)CC2. The van der Waals surface area contributed by atoms with Gasteiger partial charge in [0.25, 0.3) is 5.56 Å². The zero-order valence-electron chi connectivity index (χ0n) is 12.8. The van der Waals surface area contributed by atoms with Crippen molar-refractivity contribution in [2.45, 2.75) is 46.3 Å². The lowest BCUT2D eigenvalue weighted by atomic mass is 10.1. The molecule has 0 saturated carbocycles. The standard InChI is InChI=1S/C15H21N5O/c1-10(2)20-8-12(6-16-20)7-19-5-4-14-13(9-19)15(21)18-11(3)17-14/h6,8,10H,4-5,7,9H2,1-3H3,(H,17,18,21). The van der Waals surface area contributed by atoms with Crippen molar-refractivity contribution in [1.82, 2.24) is 24.6 Å². The second-order valence-electron chi connectivity index (χ2n) is 5.96. The number of fused-ring (bicyclic) bond motifs is 1. The van der Waals surface area contributed by atoms with E-state index >= 15 is 0 Å². The third kappa shape index (κ3) is 2.90. The molecule has 1 N–H and O–H groups in total. The van der Waals surface area contributed by atoms with E-state index in [4.69, 9.17) is 0 Å². The van der Waals surface area contributed by atoms with E-state index in [-0.39, 0.29) is 5.56 Å². The highest BCUT2D eigenvalue weighted by Gasteiger charge is 2.21. The molecule has 0 atom stereocenters. The fourth-order valence-corrected chi connectivity index (χ4v) is 2.74. The third-order valence-electron chi connectivity index (χ3n) is 3.86. The minimum atomic E-state index is 0.0000700. The topological polar surface area (TPSA) is 66.8 Å². The van der Waals surface area contributed by atoms with Crippen LogP contribution in [-0.4, -0.2) is 31.2 Å². The van der Waals surface area contributed by atoms with Gasteiger partial charge in [-0.15, -0.1) is 0 Å². The monoisotopic (exact) mass is 287 g/mol. The number of rotatable bonds is 3. The molecule has 0 unspecified atom stereocenters. The number of hydrogen-bond donors (Lipinski definition) is 1. The van der Waals surface area contributed by atoms with E-state index in [1.807, 2.05) is 17.8 Å². The molecule has 2 aromatic heterocycles. The van der Waals surface area contributed by atoms with Crippen LogP contribution >= 0.6 is 0 Å². The van der Waals surface area contributed by atoms with Gasteiger partial charge in [-0.3, -0.25) is 14.4 Å². The van der Waals surface area contributed by atoms with Gasteiger partial charge >= 0.3 is 0 Å². The van der Waals surface area contributed by atoms with Crippen LogP contribution in [0.15, 0.2) is 17.2 Å². The summed E-state index contributed by atoms with van der Waals surface area (Å²) in [6.45, 7) is 8.46. The van der Waals surface area contributed by atoms with E-state index < -0.39 is 0 Å². The molecule has 21 heavy (non-hydrogen) atoms. The number of aromatic nitrogens is 4. The maximum atomic E-state index is 12.0. The van der Waals surface area contributed by atoms with Gasteiger partial charge in [0.2, 0.25) is 0 Å². The average molecular weight is 287 g/mol. The summed E-state index contributed by atoms with van der Waals surface area (Å²) in [6, 6.07) is 0.371. The lowest BCUT2D eigenvalue weighted by molar-refractivity contribution is 0.241. The fourth-order valence-electron chi connectivity index (χ4n) is 2.74. The molecule has 3 heterocycles. The van der Waals surface area contributed by atoms with Crippen LogP contribution in [0, 0.1) is 6.92 Å². The maximum absolute atomic E-state index is 12.0. The first kappa shape index (κ1) is 14.0. The Morgan fingerprint density at radius 1 is 1.43 bits per heavy atom. The molecule has 112 valence electrons. The first-order valence-corrected chi connectivity index (χ1v) is 7.37. The lowest BCUT2D eigenvalue weighted by Crippen LogP contribution is -2.35. The Kier molecular flexibility index (Phi) is 3.63. The highest BCUT2D eigenvalue weighted by atomic mass is 16.1. The molecule has 0 bridgehead atoms. The molecular formula is C15H21N5O. The van der Waals surface area contributed by atoms with Crippen LogP contribution in [0.25, 0.3) is 0 Å². The van der Waals surface area contributed by atoms with E-state index in [0.717, 1.165) is 30.8 Å². The summed E-state index contributed by atoms with van der Waals surface area (Å²) < 4.78 is 1.96. The first-order valence-electron chi connectivity index (χ1n) is 7.37. The summed E-state index contributed by atoms with van der Waals surface area (Å²) in [6.07, 6.45) is 4.82. The smallest absolute Gasteiger partial charge is 0.255 e. The summed E-state index contributed by atoms with van der Waals surface area (Å²) in [5.41, 5.74) is 2.94. The Morgan fingerprint density at radius 2 is 2.24 bits per heavy atom. The van der Waals surface area contributed by atoms with Crippen molar-refractivity contribution in [2.24, 2.45) is 0 Å². The van der Waals surface area contributed by atoms with Gasteiger partial charge in [-0.05, 0) is 20.8 Å². The van der Waals surface area contributed by atoms with Gasteiger partial charge in [0, 0.05) is 43.9 Å². The summed E-state index contributed by atoms with van der Waals surface area (Å²) in [4.78, 5) is 21.5. The van der Waals surface area contributed by atoms with Crippen molar-refractivity contribution >= 4 is 0 Å². The average Bonchev–Trinajstić information content (AvgIpc) is 2.88. The van der Waals surface area contributed by atoms with E-state index in [1.54, 1.807) is 0 Å². The highest BCUT2D eigenvalue weighted by Crippen LogP contribution is 2.16. The first-order chi connectivity index (χ1) is 10.0. The molecule has 2 aromatic rings. The van der Waals surface area contributed by atoms with Crippen LogP contribution in [0.2, 0.25) is 0 Å². The van der Waals surface area contributed by atoms with Gasteiger partial charge in [-0.1, -0.05) is 0 Å². The Hall–Kier alpha value is -1.95. The summed E-state index contributed by atoms with van der Waals surface area (Å²) in [5, 5.41) is 4.36. The molecule has 0 spiro atoms. The minimum absolute atomic E-state index is 0.0000700. The highest BCUT2D eigenvalue weighted by molar-refractivity contribution is 5.21. The number of nitrogens with zero attached hydrogens (tertiary/aromatic N) is 4. The van der Waals surface area contributed by atoms with Gasteiger partial charge in [0.15, 0.2) is 0 Å². The number of aryl methyl sites for hydroxylation is 1. The number of H-pyrrole nitrogens is 1. The second kappa shape index (κ2) is 5.44. The molecule has 0 saturated heterocycles. The van der Waals surface area contributed by atoms with Crippen molar-refractivity contribution in [3.8, 4) is 0 Å². The maximum Gasteiger partial charge on any atom is 0.255 e. The van der Waals surface area contributed by atoms with E-state index in [9.17, 15) is 4.79 Å². The molecule has 0 radical (unpaired) electrons. The van der Waals surface area contributed by atoms with Gasteiger partial charge in [0.05, 0.1) is 17.5 Å². The van der Waals surface area contributed by atoms with Crippen LogP contribution in [0.3, 0.4) is 0 Å². The van der Waals surface area contributed by atoms with Crippen LogP contribution in [0.5, 0.6) is 0 Å². The molecule has 0 aromatic carbocycles. The Morgan fingerprint density at radius 3 is 2.95 bits per heavy atom. The summed E-state index contributed by atoms with van der Waals surface area (Å²) >= 11 is 0. The Bertz CT molecular complexity index is 700. The van der Waals surface area contributed by atoms with E-state index in [0.29, 0.717) is 18.4 Å². The van der Waals surface area contributed by atoms with Gasteiger partial charge in [-0.2, -0.15) is 5.10 Å². The number of hydrogen-bond acceptors (Lipinski definition) is 4. The molecule has 3 rings (SSSR count). The van der Waals surface area contributed by atoms with Crippen LogP contribution in [-0.2, 0) is 19.5 Å². The Labute approximate surface area is 123 Å². The van der Waals surface area contributed by atoms with Crippen molar-refractivity contribution in [3.05, 3.63) is 45.4 Å². The predicted octanol–water partition coefficient (Wildman–Crippen LogP) is 1.41. The molecular weight excluding hydrogens is 266 g/mol. The minimum Gasteiger partial charge on any atom is -0.310 e. The van der Waals surface area contributed by atoms with Crippen LogP contribution < -0.4 is 5.56 Å². The number of aromatic amines is 1. The lowest BCUT2D eigenvalue weighted by Gasteiger charge is -2.27. The normalized spacial score (nSPS) is 15.4. The van der Waals surface area contributed by atoms with E-state index in [2.05, 4.69) is 40.0 Å². The van der Waals surface area contributed by atoms with Crippen molar-refractivity contribution in [2.75, 3.05) is 6.54 Å².